The minimum absolute atomic E-state index is 0. The third-order valence-electron chi connectivity index (χ3n) is 1.13. The van der Waals surface area contributed by atoms with E-state index in [1.807, 2.05) is 0 Å². The summed E-state index contributed by atoms with van der Waals surface area (Å²) in [5.41, 5.74) is 0.532. The first-order valence-corrected chi connectivity index (χ1v) is 2.89. The third-order valence-corrected chi connectivity index (χ3v) is 1.13. The molecule has 0 amide bonds. The van der Waals surface area contributed by atoms with Crippen LogP contribution < -0.4 is 17.0 Å². The molecule has 0 bridgehead atoms. The second kappa shape index (κ2) is 7.44. The first-order valence-electron chi connectivity index (χ1n) is 2.89. The monoisotopic (exact) mass is 278 g/mol. The van der Waals surface area contributed by atoms with Gasteiger partial charge in [0.1, 0.15) is 0 Å². The Morgan fingerprint density at radius 1 is 1.58 bits per heavy atom. The molecule has 0 heterocycles. The fourth-order valence-electron chi connectivity index (χ4n) is 0.638. The number of carbonyl (C=O) groups excluding carboxylic acids is 1. The third kappa shape index (κ3) is 3.98. The predicted octanol–water partition coefficient (Wildman–Crippen LogP) is -1.73. The van der Waals surface area contributed by atoms with Crippen LogP contribution in [0.25, 0.3) is 0 Å². The Hall–Kier alpha value is -0.207. The molecule has 0 unspecified atom stereocenters. The van der Waals surface area contributed by atoms with Crippen molar-refractivity contribution >= 4 is 5.97 Å². The number of carbonyl (C=O) groups is 1. The second-order valence-corrected chi connectivity index (χ2v) is 1.78. The summed E-state index contributed by atoms with van der Waals surface area (Å²) in [5.74, 6) is -0.322. The van der Waals surface area contributed by atoms with Crippen molar-refractivity contribution in [2.75, 3.05) is 7.11 Å². The molecule has 4 heteroatoms. The number of methoxy groups -OCH3 is 1. The predicted molar refractivity (Wildman–Crippen MR) is 36.6 cm³/mol. The van der Waals surface area contributed by atoms with Gasteiger partial charge in [-0.3, -0.25) is 0 Å². The largest absolute Gasteiger partial charge is 1.00 e. The van der Waals surface area contributed by atoms with Crippen LogP contribution in [0.3, 0.4) is 0 Å². The molecule has 0 aliphatic heterocycles. The SMILES string of the molecule is COC(=O)c1c[c]ccc1.[Br-].[Zn]. The van der Waals surface area contributed by atoms with Gasteiger partial charge in [-0.2, -0.15) is 0 Å². The quantitative estimate of drug-likeness (QED) is 0.452. The van der Waals surface area contributed by atoms with Crippen LogP contribution in [0.15, 0.2) is 24.3 Å². The van der Waals surface area contributed by atoms with Crippen molar-refractivity contribution < 1.29 is 46.0 Å². The number of ether oxygens (including phenoxy) is 1. The normalized spacial score (nSPS) is 7.42. The molecule has 0 spiro atoms. The van der Waals surface area contributed by atoms with E-state index in [-0.39, 0.29) is 42.4 Å². The Morgan fingerprint density at radius 2 is 2.25 bits per heavy atom. The molecule has 0 atom stereocenters. The molecule has 1 radical (unpaired) electrons. The Morgan fingerprint density at radius 3 is 2.67 bits per heavy atom. The molecule has 1 rings (SSSR count). The van der Waals surface area contributed by atoms with Gasteiger partial charge in [-0.1, -0.05) is 12.1 Å². The molecule has 2 nitrogen and oxygen atoms in total. The zero-order valence-electron chi connectivity index (χ0n) is 6.71. The van der Waals surface area contributed by atoms with Gasteiger partial charge < -0.3 is 21.7 Å². The molecule has 61 valence electrons. The van der Waals surface area contributed by atoms with E-state index in [0.717, 1.165) is 0 Å². The van der Waals surface area contributed by atoms with Gasteiger partial charge in [0.2, 0.25) is 0 Å². The summed E-state index contributed by atoms with van der Waals surface area (Å²) in [4.78, 5) is 10.8. The number of hydrogen-bond donors (Lipinski definition) is 0. The summed E-state index contributed by atoms with van der Waals surface area (Å²) in [6.07, 6.45) is 0. The van der Waals surface area contributed by atoms with E-state index >= 15 is 0 Å². The minimum Gasteiger partial charge on any atom is -1.00 e. The van der Waals surface area contributed by atoms with Gasteiger partial charge in [0, 0.05) is 19.5 Å². The first-order chi connectivity index (χ1) is 4.84. The van der Waals surface area contributed by atoms with Crippen LogP contribution in [-0.2, 0) is 24.2 Å². The standard InChI is InChI=1S/C8H7O2.BrH.Zn/c1-10-8(9)7-5-3-2-4-6-7;;/h2-3,5-6H,1H3;1H;/p-1. The van der Waals surface area contributed by atoms with E-state index in [1.54, 1.807) is 24.3 Å². The van der Waals surface area contributed by atoms with Gasteiger partial charge in [-0.05, 0) is 18.2 Å². The fourth-order valence-corrected chi connectivity index (χ4v) is 0.638. The van der Waals surface area contributed by atoms with Crippen LogP contribution in [0.5, 0.6) is 0 Å². The molecule has 0 aromatic heterocycles. The molecule has 1 aromatic carbocycles. The Kier molecular flexibility index (Phi) is 8.88. The van der Waals surface area contributed by atoms with E-state index in [4.69, 9.17) is 0 Å². The van der Waals surface area contributed by atoms with E-state index in [9.17, 15) is 4.79 Å². The van der Waals surface area contributed by atoms with Crippen molar-refractivity contribution in [3.8, 4) is 0 Å². The Labute approximate surface area is 94.8 Å². The van der Waals surface area contributed by atoms with E-state index < -0.39 is 0 Å². The fraction of sp³-hybridized carbons (Fsp3) is 0.125. The van der Waals surface area contributed by atoms with Crippen LogP contribution in [0.2, 0.25) is 0 Å². The Balaban J connectivity index is 0. The van der Waals surface area contributed by atoms with Crippen LogP contribution in [0.1, 0.15) is 10.4 Å². The van der Waals surface area contributed by atoms with E-state index in [2.05, 4.69) is 10.8 Å². The molecular formula is C8H7BrO2Zn-. The molecule has 0 N–H and O–H groups in total. The molecule has 0 saturated carbocycles. The number of esters is 1. The average molecular weight is 280 g/mol. The van der Waals surface area contributed by atoms with Gasteiger partial charge in [0.25, 0.3) is 0 Å². The summed E-state index contributed by atoms with van der Waals surface area (Å²) in [7, 11) is 1.36. The van der Waals surface area contributed by atoms with Crippen LogP contribution in [0, 0.1) is 6.07 Å². The number of rotatable bonds is 1. The maximum atomic E-state index is 10.8. The van der Waals surface area contributed by atoms with E-state index in [0.29, 0.717) is 5.56 Å². The van der Waals surface area contributed by atoms with E-state index in [1.165, 1.54) is 7.11 Å². The zero-order chi connectivity index (χ0) is 7.40. The number of benzene rings is 1. The van der Waals surface area contributed by atoms with Gasteiger partial charge in [0.15, 0.2) is 0 Å². The van der Waals surface area contributed by atoms with Crippen LogP contribution in [0.4, 0.5) is 0 Å². The molecule has 12 heavy (non-hydrogen) atoms. The zero-order valence-corrected chi connectivity index (χ0v) is 11.3. The number of hydrogen-bond acceptors (Lipinski definition) is 2. The van der Waals surface area contributed by atoms with Crippen molar-refractivity contribution in [2.24, 2.45) is 0 Å². The van der Waals surface area contributed by atoms with Gasteiger partial charge in [-0.15, -0.1) is 0 Å². The smallest absolute Gasteiger partial charge is 0.337 e. The van der Waals surface area contributed by atoms with Gasteiger partial charge >= 0.3 is 5.97 Å². The Bertz CT molecular complexity index is 226. The van der Waals surface area contributed by atoms with Crippen molar-refractivity contribution in [2.45, 2.75) is 0 Å². The van der Waals surface area contributed by atoms with Crippen molar-refractivity contribution in [3.63, 3.8) is 0 Å². The molecule has 0 aliphatic rings. The van der Waals surface area contributed by atoms with Crippen LogP contribution in [-0.4, -0.2) is 13.1 Å². The molecule has 1 aromatic rings. The maximum Gasteiger partial charge on any atom is 0.337 e. The summed E-state index contributed by atoms with van der Waals surface area (Å²) in [6, 6.07) is 9.52. The van der Waals surface area contributed by atoms with Crippen molar-refractivity contribution in [1.82, 2.24) is 0 Å². The minimum atomic E-state index is -0.322. The molecule has 0 saturated heterocycles. The number of halogens is 1. The average Bonchev–Trinajstić information content (AvgIpc) is 2.05. The van der Waals surface area contributed by atoms with Gasteiger partial charge in [-0.25, -0.2) is 4.79 Å². The maximum absolute atomic E-state index is 10.8. The molecule has 0 aliphatic carbocycles. The first kappa shape index (κ1) is 14.3. The summed E-state index contributed by atoms with van der Waals surface area (Å²) in [5, 5.41) is 0. The van der Waals surface area contributed by atoms with Crippen molar-refractivity contribution in [3.05, 3.63) is 35.9 Å². The van der Waals surface area contributed by atoms with Crippen molar-refractivity contribution in [1.29, 1.82) is 0 Å². The summed E-state index contributed by atoms with van der Waals surface area (Å²) >= 11 is 0. The van der Waals surface area contributed by atoms with Crippen LogP contribution >= 0.6 is 0 Å². The van der Waals surface area contributed by atoms with Gasteiger partial charge in [0.05, 0.1) is 12.7 Å². The summed E-state index contributed by atoms with van der Waals surface area (Å²) < 4.78 is 4.48. The second-order valence-electron chi connectivity index (χ2n) is 1.78. The molecular weight excluding hydrogens is 273 g/mol. The topological polar surface area (TPSA) is 26.3 Å². The molecule has 0 fully saturated rings. The summed E-state index contributed by atoms with van der Waals surface area (Å²) in [6.45, 7) is 0.